The van der Waals surface area contributed by atoms with Gasteiger partial charge in [-0.05, 0) is 37.1 Å². The number of hydrogen-bond acceptors (Lipinski definition) is 2. The highest BCUT2D eigenvalue weighted by atomic mass is 16.5. The second kappa shape index (κ2) is 4.96. The molecule has 2 aromatic rings. The van der Waals surface area contributed by atoms with E-state index in [-0.39, 0.29) is 0 Å². The lowest BCUT2D eigenvalue weighted by Gasteiger charge is -2.25. The average molecular weight is 253 g/mol. The molecule has 2 nitrogen and oxygen atoms in total. The third-order valence-electron chi connectivity index (χ3n) is 3.75. The van der Waals surface area contributed by atoms with Gasteiger partial charge in [0.2, 0.25) is 0 Å². The molecular weight excluding hydrogens is 234 g/mol. The fourth-order valence-corrected chi connectivity index (χ4v) is 2.64. The van der Waals surface area contributed by atoms with Crippen molar-refractivity contribution in [2.45, 2.75) is 20.3 Å². The first-order valence-corrected chi connectivity index (χ1v) is 6.95. The van der Waals surface area contributed by atoms with E-state index in [4.69, 9.17) is 4.74 Å². The van der Waals surface area contributed by atoms with Crippen molar-refractivity contribution in [2.75, 3.05) is 18.0 Å². The van der Waals surface area contributed by atoms with E-state index in [0.29, 0.717) is 0 Å². The van der Waals surface area contributed by atoms with Crippen molar-refractivity contribution in [3.63, 3.8) is 0 Å². The van der Waals surface area contributed by atoms with Crippen LogP contribution in [0.15, 0.2) is 42.5 Å². The van der Waals surface area contributed by atoms with Crippen LogP contribution in [0.3, 0.4) is 0 Å². The standard InChI is InChI=1S/C17H19NO/c1-3-18(4-2)15-10-9-14-11-13-7-5-6-8-16(13)19-17(14)12-15/h5-10,12H,3-4,11H2,1-2H3. The average Bonchev–Trinajstić information content (AvgIpc) is 2.46. The van der Waals surface area contributed by atoms with Gasteiger partial charge in [0.15, 0.2) is 0 Å². The number of ether oxygens (including phenoxy) is 1. The Bertz CT molecular complexity index is 588. The molecule has 0 aromatic heterocycles. The number of hydrogen-bond donors (Lipinski definition) is 0. The molecule has 19 heavy (non-hydrogen) atoms. The minimum absolute atomic E-state index is 0.962. The lowest BCUT2D eigenvalue weighted by Crippen LogP contribution is -2.21. The molecule has 0 atom stereocenters. The van der Waals surface area contributed by atoms with Gasteiger partial charge in [-0.2, -0.15) is 0 Å². The zero-order chi connectivity index (χ0) is 13.2. The van der Waals surface area contributed by atoms with Gasteiger partial charge in [0, 0.05) is 31.3 Å². The van der Waals surface area contributed by atoms with Gasteiger partial charge in [-0.1, -0.05) is 24.3 Å². The summed E-state index contributed by atoms with van der Waals surface area (Å²) in [5.41, 5.74) is 3.78. The Morgan fingerprint density at radius 3 is 2.47 bits per heavy atom. The van der Waals surface area contributed by atoms with E-state index in [9.17, 15) is 0 Å². The molecule has 0 saturated carbocycles. The van der Waals surface area contributed by atoms with Gasteiger partial charge >= 0.3 is 0 Å². The first-order valence-electron chi connectivity index (χ1n) is 6.95. The number of para-hydroxylation sites is 1. The van der Waals surface area contributed by atoms with E-state index in [0.717, 1.165) is 31.0 Å². The molecule has 0 N–H and O–H groups in total. The number of rotatable bonds is 3. The summed E-state index contributed by atoms with van der Waals surface area (Å²) >= 11 is 0. The van der Waals surface area contributed by atoms with Crippen LogP contribution in [0, 0.1) is 0 Å². The van der Waals surface area contributed by atoms with Gasteiger partial charge in [-0.3, -0.25) is 0 Å². The van der Waals surface area contributed by atoms with E-state index in [2.05, 4.69) is 49.1 Å². The molecule has 1 aliphatic rings. The Labute approximate surface area is 114 Å². The molecule has 0 spiro atoms. The van der Waals surface area contributed by atoms with E-state index < -0.39 is 0 Å². The molecule has 0 unspecified atom stereocenters. The predicted octanol–water partition coefficient (Wildman–Crippen LogP) is 4.23. The van der Waals surface area contributed by atoms with Crippen molar-refractivity contribution in [2.24, 2.45) is 0 Å². The largest absolute Gasteiger partial charge is 0.457 e. The lowest BCUT2D eigenvalue weighted by molar-refractivity contribution is 0.460. The third kappa shape index (κ3) is 2.19. The number of anilines is 1. The topological polar surface area (TPSA) is 12.5 Å². The fourth-order valence-electron chi connectivity index (χ4n) is 2.64. The summed E-state index contributed by atoms with van der Waals surface area (Å²) in [7, 11) is 0. The second-order valence-electron chi connectivity index (χ2n) is 4.85. The minimum atomic E-state index is 0.962. The van der Waals surface area contributed by atoms with Crippen molar-refractivity contribution >= 4 is 5.69 Å². The number of benzene rings is 2. The van der Waals surface area contributed by atoms with Gasteiger partial charge in [0.05, 0.1) is 0 Å². The first kappa shape index (κ1) is 12.1. The van der Waals surface area contributed by atoms with Crippen LogP contribution in [0.2, 0.25) is 0 Å². The SMILES string of the molecule is CCN(CC)c1ccc2c(c1)Oc1ccccc1C2. The summed E-state index contributed by atoms with van der Waals surface area (Å²) in [6.45, 7) is 6.40. The van der Waals surface area contributed by atoms with Crippen LogP contribution in [0.1, 0.15) is 25.0 Å². The van der Waals surface area contributed by atoms with E-state index in [1.54, 1.807) is 0 Å². The Hall–Kier alpha value is -1.96. The highest BCUT2D eigenvalue weighted by Gasteiger charge is 2.17. The summed E-state index contributed by atoms with van der Waals surface area (Å²) in [4.78, 5) is 2.34. The van der Waals surface area contributed by atoms with Gasteiger partial charge in [-0.15, -0.1) is 0 Å². The molecule has 0 fully saturated rings. The molecule has 1 aliphatic heterocycles. The van der Waals surface area contributed by atoms with E-state index in [1.807, 2.05) is 12.1 Å². The van der Waals surface area contributed by atoms with Crippen LogP contribution in [0.25, 0.3) is 0 Å². The molecule has 0 aliphatic carbocycles. The van der Waals surface area contributed by atoms with Gasteiger partial charge in [0.25, 0.3) is 0 Å². The van der Waals surface area contributed by atoms with Crippen molar-refractivity contribution in [1.82, 2.24) is 0 Å². The van der Waals surface area contributed by atoms with Crippen molar-refractivity contribution < 1.29 is 4.74 Å². The van der Waals surface area contributed by atoms with Crippen LogP contribution < -0.4 is 9.64 Å². The molecule has 2 aromatic carbocycles. The zero-order valence-corrected chi connectivity index (χ0v) is 11.5. The fraction of sp³-hybridized carbons (Fsp3) is 0.294. The Morgan fingerprint density at radius 1 is 0.947 bits per heavy atom. The molecule has 98 valence electrons. The van der Waals surface area contributed by atoms with Gasteiger partial charge in [-0.25, -0.2) is 0 Å². The molecule has 0 bridgehead atoms. The quantitative estimate of drug-likeness (QED) is 0.692. The maximum absolute atomic E-state index is 6.03. The van der Waals surface area contributed by atoms with Crippen LogP contribution in [-0.4, -0.2) is 13.1 Å². The number of fused-ring (bicyclic) bond motifs is 2. The molecule has 1 heterocycles. The predicted molar refractivity (Wildman–Crippen MR) is 79.3 cm³/mol. The number of nitrogens with zero attached hydrogens (tertiary/aromatic N) is 1. The van der Waals surface area contributed by atoms with Crippen LogP contribution in [0.5, 0.6) is 11.5 Å². The molecule has 0 saturated heterocycles. The molecule has 3 rings (SSSR count). The second-order valence-corrected chi connectivity index (χ2v) is 4.85. The van der Waals surface area contributed by atoms with Crippen LogP contribution in [0.4, 0.5) is 5.69 Å². The highest BCUT2D eigenvalue weighted by molar-refractivity contribution is 5.58. The smallest absolute Gasteiger partial charge is 0.133 e. The summed E-state index contributed by atoms with van der Waals surface area (Å²) < 4.78 is 6.03. The summed E-state index contributed by atoms with van der Waals surface area (Å²) in [6, 6.07) is 14.8. The zero-order valence-electron chi connectivity index (χ0n) is 11.5. The monoisotopic (exact) mass is 253 g/mol. The van der Waals surface area contributed by atoms with Gasteiger partial charge in [0.1, 0.15) is 11.5 Å². The van der Waals surface area contributed by atoms with Gasteiger partial charge < -0.3 is 9.64 Å². The lowest BCUT2D eigenvalue weighted by atomic mass is 10.00. The summed E-state index contributed by atoms with van der Waals surface area (Å²) in [5, 5.41) is 0. The maximum Gasteiger partial charge on any atom is 0.133 e. The Balaban J connectivity index is 1.96. The molecule has 2 heteroatoms. The molecular formula is C17H19NO. The Kier molecular flexibility index (Phi) is 3.16. The van der Waals surface area contributed by atoms with E-state index >= 15 is 0 Å². The van der Waals surface area contributed by atoms with Crippen LogP contribution >= 0.6 is 0 Å². The van der Waals surface area contributed by atoms with Crippen molar-refractivity contribution in [3.05, 3.63) is 53.6 Å². The Morgan fingerprint density at radius 2 is 1.68 bits per heavy atom. The summed E-state index contributed by atoms with van der Waals surface area (Å²) in [5.74, 6) is 2.00. The molecule has 0 radical (unpaired) electrons. The first-order chi connectivity index (χ1) is 9.31. The normalized spacial score (nSPS) is 12.3. The highest BCUT2D eigenvalue weighted by Crippen LogP contribution is 2.38. The third-order valence-corrected chi connectivity index (χ3v) is 3.75. The minimum Gasteiger partial charge on any atom is -0.457 e. The van der Waals surface area contributed by atoms with Crippen molar-refractivity contribution in [3.8, 4) is 11.5 Å². The summed E-state index contributed by atoms with van der Waals surface area (Å²) in [6.07, 6.45) is 0.962. The van der Waals surface area contributed by atoms with Crippen LogP contribution in [-0.2, 0) is 6.42 Å². The maximum atomic E-state index is 6.03. The van der Waals surface area contributed by atoms with Crippen molar-refractivity contribution in [1.29, 1.82) is 0 Å². The van der Waals surface area contributed by atoms with E-state index in [1.165, 1.54) is 16.8 Å². The molecule has 0 amide bonds.